The molecule has 0 bridgehead atoms. The lowest BCUT2D eigenvalue weighted by atomic mass is 9.99. The number of hydrogen-bond donors (Lipinski definition) is 1. The predicted molar refractivity (Wildman–Crippen MR) is 119 cm³/mol. The third-order valence-electron chi connectivity index (χ3n) is 5.65. The van der Waals surface area contributed by atoms with E-state index in [2.05, 4.69) is 10.2 Å². The van der Waals surface area contributed by atoms with Crippen molar-refractivity contribution in [3.63, 3.8) is 0 Å². The van der Waals surface area contributed by atoms with Crippen LogP contribution in [-0.2, 0) is 19.6 Å². The zero-order valence-electron chi connectivity index (χ0n) is 18.0. The molecule has 8 nitrogen and oxygen atoms in total. The van der Waals surface area contributed by atoms with E-state index >= 15 is 0 Å². The zero-order valence-corrected chi connectivity index (χ0v) is 19.6. The topological polar surface area (TPSA) is 88.2 Å². The fraction of sp³-hybridized carbons (Fsp3) is 0.667. The Hall–Kier alpha value is -1.39. The molecule has 0 radical (unpaired) electrons. The predicted octanol–water partition coefficient (Wildman–Crippen LogP) is 1.98. The number of sulfonamides is 1. The highest BCUT2D eigenvalue weighted by atomic mass is 35.5. The monoisotopic (exact) mass is 473 g/mol. The van der Waals surface area contributed by atoms with Crippen LogP contribution in [0.25, 0.3) is 0 Å². The molecular weight excluding hydrogens is 442 g/mol. The highest BCUT2D eigenvalue weighted by Crippen LogP contribution is 2.30. The first-order chi connectivity index (χ1) is 14.9. The van der Waals surface area contributed by atoms with E-state index in [1.807, 2.05) is 6.92 Å². The van der Waals surface area contributed by atoms with Crippen molar-refractivity contribution in [2.24, 2.45) is 5.92 Å². The minimum Gasteiger partial charge on any atom is -0.492 e. The molecular formula is C21H32ClN3O5S. The van der Waals surface area contributed by atoms with Gasteiger partial charge in [0.1, 0.15) is 5.75 Å². The Labute approximate surface area is 189 Å². The van der Waals surface area contributed by atoms with Crippen LogP contribution in [0.5, 0.6) is 5.75 Å². The van der Waals surface area contributed by atoms with Crippen LogP contribution in [0.2, 0.25) is 5.02 Å². The van der Waals surface area contributed by atoms with Crippen molar-refractivity contribution in [2.45, 2.75) is 31.1 Å². The van der Waals surface area contributed by atoms with Crippen LogP contribution in [0.1, 0.15) is 26.2 Å². The van der Waals surface area contributed by atoms with Gasteiger partial charge in [-0.1, -0.05) is 11.6 Å². The summed E-state index contributed by atoms with van der Waals surface area (Å²) < 4.78 is 38.3. The van der Waals surface area contributed by atoms with Crippen LogP contribution in [0.4, 0.5) is 0 Å². The number of morpholine rings is 1. The lowest BCUT2D eigenvalue weighted by Crippen LogP contribution is -2.45. The van der Waals surface area contributed by atoms with Crippen molar-refractivity contribution in [3.8, 4) is 5.75 Å². The Kier molecular flexibility index (Phi) is 8.97. The van der Waals surface area contributed by atoms with Crippen LogP contribution in [0, 0.1) is 5.92 Å². The minimum atomic E-state index is -3.73. The number of hydrogen-bond acceptors (Lipinski definition) is 6. The lowest BCUT2D eigenvalue weighted by molar-refractivity contribution is -0.126. The molecule has 2 aliphatic rings. The van der Waals surface area contributed by atoms with Crippen molar-refractivity contribution >= 4 is 27.5 Å². The van der Waals surface area contributed by atoms with Gasteiger partial charge in [0.2, 0.25) is 15.9 Å². The Balaban J connectivity index is 1.52. The van der Waals surface area contributed by atoms with Crippen LogP contribution >= 0.6 is 11.6 Å². The van der Waals surface area contributed by atoms with E-state index in [9.17, 15) is 13.2 Å². The molecule has 10 heteroatoms. The normalized spacial score (nSPS) is 21.0. The van der Waals surface area contributed by atoms with Gasteiger partial charge in [0.05, 0.1) is 35.7 Å². The van der Waals surface area contributed by atoms with Crippen LogP contribution in [-0.4, -0.2) is 82.6 Å². The quantitative estimate of drug-likeness (QED) is 0.552. The number of carbonyl (C=O) groups excluding carboxylic acids is 1. The Morgan fingerprint density at radius 1 is 1.29 bits per heavy atom. The van der Waals surface area contributed by atoms with E-state index < -0.39 is 10.0 Å². The summed E-state index contributed by atoms with van der Waals surface area (Å²) in [6.07, 6.45) is 2.20. The molecule has 174 valence electrons. The first kappa shape index (κ1) is 24.3. The second-order valence-corrected chi connectivity index (χ2v) is 10.2. The van der Waals surface area contributed by atoms with Crippen molar-refractivity contribution in [3.05, 3.63) is 23.2 Å². The molecule has 3 rings (SSSR count). The fourth-order valence-electron chi connectivity index (χ4n) is 3.92. The van der Waals surface area contributed by atoms with Gasteiger partial charge in [0.25, 0.3) is 0 Å². The minimum absolute atomic E-state index is 0.0772. The van der Waals surface area contributed by atoms with Gasteiger partial charge < -0.3 is 14.8 Å². The van der Waals surface area contributed by atoms with Gasteiger partial charge in [0, 0.05) is 32.7 Å². The van der Waals surface area contributed by atoms with Gasteiger partial charge >= 0.3 is 0 Å². The first-order valence-corrected chi connectivity index (χ1v) is 12.7. The fourth-order valence-corrected chi connectivity index (χ4v) is 5.77. The highest BCUT2D eigenvalue weighted by Gasteiger charge is 2.33. The van der Waals surface area contributed by atoms with Crippen LogP contribution < -0.4 is 10.1 Å². The average Bonchev–Trinajstić information content (AvgIpc) is 2.79. The number of nitrogens with zero attached hydrogens (tertiary/aromatic N) is 2. The van der Waals surface area contributed by atoms with Gasteiger partial charge in [-0.05, 0) is 50.9 Å². The molecule has 2 heterocycles. The van der Waals surface area contributed by atoms with Gasteiger partial charge in [0.15, 0.2) is 0 Å². The summed E-state index contributed by atoms with van der Waals surface area (Å²) in [6, 6.07) is 4.49. The molecule has 2 saturated heterocycles. The summed E-state index contributed by atoms with van der Waals surface area (Å²) in [5.41, 5.74) is 0. The number of halogens is 1. The maximum absolute atomic E-state index is 13.1. The zero-order chi connectivity index (χ0) is 22.3. The van der Waals surface area contributed by atoms with Gasteiger partial charge in [-0.25, -0.2) is 8.42 Å². The van der Waals surface area contributed by atoms with E-state index in [0.717, 1.165) is 39.3 Å². The summed E-state index contributed by atoms with van der Waals surface area (Å²) in [6.45, 7) is 7.76. The number of carbonyl (C=O) groups is 1. The maximum Gasteiger partial charge on any atom is 0.243 e. The molecule has 0 saturated carbocycles. The molecule has 0 spiro atoms. The second kappa shape index (κ2) is 11.5. The highest BCUT2D eigenvalue weighted by molar-refractivity contribution is 7.89. The summed E-state index contributed by atoms with van der Waals surface area (Å²) in [7, 11) is -3.73. The average molecular weight is 474 g/mol. The Morgan fingerprint density at radius 3 is 2.77 bits per heavy atom. The number of ether oxygens (including phenoxy) is 2. The van der Waals surface area contributed by atoms with E-state index in [4.69, 9.17) is 21.1 Å². The van der Waals surface area contributed by atoms with E-state index in [1.165, 1.54) is 16.4 Å². The second-order valence-electron chi connectivity index (χ2n) is 7.83. The maximum atomic E-state index is 13.1. The van der Waals surface area contributed by atoms with Gasteiger partial charge in [-0.2, -0.15) is 4.31 Å². The molecule has 2 fully saturated rings. The number of rotatable bonds is 9. The molecule has 0 aromatic heterocycles. The van der Waals surface area contributed by atoms with Crippen LogP contribution in [0.3, 0.4) is 0 Å². The van der Waals surface area contributed by atoms with Crippen molar-refractivity contribution in [2.75, 3.05) is 59.1 Å². The Bertz CT molecular complexity index is 845. The molecule has 31 heavy (non-hydrogen) atoms. The van der Waals surface area contributed by atoms with E-state index in [-0.39, 0.29) is 28.3 Å². The summed E-state index contributed by atoms with van der Waals surface area (Å²) >= 11 is 6.18. The largest absolute Gasteiger partial charge is 0.492 e. The molecule has 1 N–H and O–H groups in total. The third kappa shape index (κ3) is 6.55. The molecule has 0 aliphatic carbocycles. The molecule has 1 aromatic rings. The van der Waals surface area contributed by atoms with Gasteiger partial charge in [-0.15, -0.1) is 0 Å². The molecule has 1 amide bonds. The smallest absolute Gasteiger partial charge is 0.243 e. The molecule has 1 aromatic carbocycles. The summed E-state index contributed by atoms with van der Waals surface area (Å²) in [4.78, 5) is 15.1. The summed E-state index contributed by atoms with van der Waals surface area (Å²) in [5, 5.41) is 3.24. The van der Waals surface area contributed by atoms with E-state index in [0.29, 0.717) is 38.3 Å². The molecule has 1 atom stereocenters. The third-order valence-corrected chi connectivity index (χ3v) is 7.81. The number of piperidine rings is 1. The van der Waals surface area contributed by atoms with E-state index in [1.54, 1.807) is 6.07 Å². The van der Waals surface area contributed by atoms with Crippen molar-refractivity contribution in [1.29, 1.82) is 0 Å². The lowest BCUT2D eigenvalue weighted by Gasteiger charge is -2.31. The standard InChI is InChI=1S/C21H32ClN3O5S/c1-2-30-20-7-6-18(15-19(20)22)31(27,28)25-10-3-5-17(16-25)21(26)23-8-4-9-24-11-13-29-14-12-24/h6-7,15,17H,2-5,8-14,16H2,1H3,(H,23,26)/t17-/m0/s1. The number of amides is 1. The summed E-state index contributed by atoms with van der Waals surface area (Å²) in [5.74, 6) is 0.0350. The van der Waals surface area contributed by atoms with Gasteiger partial charge in [-0.3, -0.25) is 9.69 Å². The molecule has 2 aliphatic heterocycles. The Morgan fingerprint density at radius 2 is 2.06 bits per heavy atom. The van der Waals surface area contributed by atoms with Crippen molar-refractivity contribution in [1.82, 2.24) is 14.5 Å². The van der Waals surface area contributed by atoms with Crippen molar-refractivity contribution < 1.29 is 22.7 Å². The number of nitrogens with one attached hydrogen (secondary N) is 1. The number of benzene rings is 1. The molecule has 0 unspecified atom stereocenters. The van der Waals surface area contributed by atoms with Crippen LogP contribution in [0.15, 0.2) is 23.1 Å². The first-order valence-electron chi connectivity index (χ1n) is 10.9. The SMILES string of the molecule is CCOc1ccc(S(=O)(=O)N2CCC[C@H](C(=O)NCCCN3CCOCC3)C2)cc1Cl.